The lowest BCUT2D eigenvalue weighted by Gasteiger charge is -2.12. The van der Waals surface area contributed by atoms with E-state index in [-0.39, 0.29) is 11.6 Å². The molecule has 5 N–H and O–H groups in total. The van der Waals surface area contributed by atoms with Crippen LogP contribution in [0.1, 0.15) is 25.3 Å². The molecule has 11 nitrogen and oxygen atoms in total. The Morgan fingerprint density at radius 1 is 1.21 bits per heavy atom. The number of anilines is 4. The third-order valence-electron chi connectivity index (χ3n) is 5.24. The van der Waals surface area contributed by atoms with Crippen LogP contribution in [0, 0.1) is 5.92 Å². The van der Waals surface area contributed by atoms with Crippen molar-refractivity contribution in [2.75, 3.05) is 22.5 Å². The van der Waals surface area contributed by atoms with E-state index in [1.807, 2.05) is 24.3 Å². The molecule has 33 heavy (non-hydrogen) atoms. The van der Waals surface area contributed by atoms with Crippen molar-refractivity contribution in [3.63, 3.8) is 0 Å². The number of amides is 4. The number of urea groups is 1. The SMILES string of the molecule is CC(=O)Nc1cccc(Nc2cc(NCC3CC3)n3ncc(/C=C4\NC(=O)NC4=O)c3n2)c1. The van der Waals surface area contributed by atoms with E-state index in [1.165, 1.54) is 19.8 Å². The number of aromatic nitrogens is 3. The van der Waals surface area contributed by atoms with E-state index in [2.05, 4.69) is 36.7 Å². The van der Waals surface area contributed by atoms with Gasteiger partial charge in [-0.15, -0.1) is 0 Å². The van der Waals surface area contributed by atoms with Crippen LogP contribution in [0.4, 0.5) is 27.8 Å². The summed E-state index contributed by atoms with van der Waals surface area (Å²) in [4.78, 5) is 39.5. The van der Waals surface area contributed by atoms with Crippen LogP contribution in [0.3, 0.4) is 0 Å². The highest BCUT2D eigenvalue weighted by Gasteiger charge is 2.24. The monoisotopic (exact) mass is 446 g/mol. The number of nitrogens with one attached hydrogen (secondary N) is 5. The van der Waals surface area contributed by atoms with Crippen LogP contribution in [-0.4, -0.2) is 39.0 Å². The molecule has 1 saturated heterocycles. The van der Waals surface area contributed by atoms with Crippen molar-refractivity contribution in [2.45, 2.75) is 19.8 Å². The lowest BCUT2D eigenvalue weighted by molar-refractivity contribution is -0.116. The predicted molar refractivity (Wildman–Crippen MR) is 123 cm³/mol. The van der Waals surface area contributed by atoms with E-state index < -0.39 is 11.9 Å². The lowest BCUT2D eigenvalue weighted by atomic mass is 10.2. The summed E-state index contributed by atoms with van der Waals surface area (Å²) < 4.78 is 1.67. The zero-order valence-corrected chi connectivity index (χ0v) is 17.8. The Kier molecular flexibility index (Phi) is 5.13. The maximum Gasteiger partial charge on any atom is 0.326 e. The van der Waals surface area contributed by atoms with Gasteiger partial charge in [0, 0.05) is 36.5 Å². The van der Waals surface area contributed by atoms with E-state index in [0.717, 1.165) is 18.1 Å². The van der Waals surface area contributed by atoms with Crippen molar-refractivity contribution in [2.24, 2.45) is 5.92 Å². The first kappa shape index (κ1) is 20.5. The highest BCUT2D eigenvalue weighted by Crippen LogP contribution is 2.30. The molecule has 168 valence electrons. The van der Waals surface area contributed by atoms with Crippen molar-refractivity contribution in [1.29, 1.82) is 0 Å². The van der Waals surface area contributed by atoms with E-state index in [4.69, 9.17) is 0 Å². The van der Waals surface area contributed by atoms with Gasteiger partial charge < -0.3 is 21.3 Å². The fraction of sp³-hybridized carbons (Fsp3) is 0.227. The number of hydrogen-bond acceptors (Lipinski definition) is 7. The van der Waals surface area contributed by atoms with Gasteiger partial charge in [0.2, 0.25) is 5.91 Å². The van der Waals surface area contributed by atoms with Gasteiger partial charge >= 0.3 is 6.03 Å². The maximum atomic E-state index is 11.9. The smallest absolute Gasteiger partial charge is 0.326 e. The Morgan fingerprint density at radius 3 is 2.76 bits per heavy atom. The molecule has 2 fully saturated rings. The third-order valence-corrected chi connectivity index (χ3v) is 5.24. The molecule has 0 spiro atoms. The summed E-state index contributed by atoms with van der Waals surface area (Å²) in [5.41, 5.74) is 2.63. The average molecular weight is 446 g/mol. The highest BCUT2D eigenvalue weighted by molar-refractivity contribution is 6.14. The molecule has 4 amide bonds. The van der Waals surface area contributed by atoms with Gasteiger partial charge in [-0.25, -0.2) is 9.78 Å². The molecule has 0 radical (unpaired) electrons. The molecule has 2 aromatic heterocycles. The average Bonchev–Trinajstić information content (AvgIpc) is 3.42. The molecule has 0 atom stereocenters. The van der Waals surface area contributed by atoms with Gasteiger partial charge in [-0.2, -0.15) is 9.61 Å². The van der Waals surface area contributed by atoms with Gasteiger partial charge in [0.25, 0.3) is 5.91 Å². The molecule has 1 aliphatic carbocycles. The van der Waals surface area contributed by atoms with Crippen LogP contribution in [0.15, 0.2) is 42.2 Å². The van der Waals surface area contributed by atoms with Crippen molar-refractivity contribution in [3.05, 3.63) is 47.8 Å². The van der Waals surface area contributed by atoms with Crippen LogP contribution >= 0.6 is 0 Å². The number of hydrogen-bond donors (Lipinski definition) is 5. The van der Waals surface area contributed by atoms with Gasteiger partial charge in [0.05, 0.1) is 6.20 Å². The molecule has 1 aliphatic heterocycles. The van der Waals surface area contributed by atoms with Crippen LogP contribution in [-0.2, 0) is 9.59 Å². The molecule has 0 bridgehead atoms. The summed E-state index contributed by atoms with van der Waals surface area (Å²) in [6, 6.07) is 8.59. The van der Waals surface area contributed by atoms with E-state index in [0.29, 0.717) is 28.6 Å². The number of imide groups is 1. The second kappa shape index (κ2) is 8.26. The van der Waals surface area contributed by atoms with Gasteiger partial charge in [-0.1, -0.05) is 6.07 Å². The topological polar surface area (TPSA) is 142 Å². The molecule has 11 heteroatoms. The molecular weight excluding hydrogens is 424 g/mol. The molecule has 0 unspecified atom stereocenters. The second-order valence-corrected chi connectivity index (χ2v) is 8.04. The van der Waals surface area contributed by atoms with Gasteiger partial charge in [-0.05, 0) is 43.0 Å². The quantitative estimate of drug-likeness (QED) is 0.277. The number of carbonyl (C=O) groups is 3. The number of carbonyl (C=O) groups excluding carboxylic acids is 3. The summed E-state index contributed by atoms with van der Waals surface area (Å²) in [6.45, 7) is 2.28. The van der Waals surface area contributed by atoms with Crippen LogP contribution in [0.2, 0.25) is 0 Å². The third kappa shape index (κ3) is 4.61. The van der Waals surface area contributed by atoms with E-state index in [9.17, 15) is 14.4 Å². The first-order valence-corrected chi connectivity index (χ1v) is 10.6. The first-order chi connectivity index (χ1) is 15.9. The van der Waals surface area contributed by atoms with Crippen LogP contribution < -0.4 is 26.6 Å². The van der Waals surface area contributed by atoms with Gasteiger partial charge in [0.1, 0.15) is 17.3 Å². The van der Waals surface area contributed by atoms with Crippen LogP contribution in [0.25, 0.3) is 11.7 Å². The minimum atomic E-state index is -0.566. The largest absolute Gasteiger partial charge is 0.370 e. The minimum Gasteiger partial charge on any atom is -0.370 e. The van der Waals surface area contributed by atoms with E-state index >= 15 is 0 Å². The normalized spacial score (nSPS) is 16.6. The zero-order chi connectivity index (χ0) is 22.9. The Labute approximate surface area is 188 Å². The van der Waals surface area contributed by atoms with Crippen molar-refractivity contribution < 1.29 is 14.4 Å². The Balaban J connectivity index is 1.51. The lowest BCUT2D eigenvalue weighted by Crippen LogP contribution is -2.22. The summed E-state index contributed by atoms with van der Waals surface area (Å²) >= 11 is 0. The van der Waals surface area contributed by atoms with Crippen molar-refractivity contribution in [3.8, 4) is 0 Å². The predicted octanol–water partition coefficient (Wildman–Crippen LogP) is 2.43. The molecule has 3 aromatic rings. The molecule has 3 heterocycles. The number of fused-ring (bicyclic) bond motifs is 1. The van der Waals surface area contributed by atoms with Gasteiger partial charge in [0.15, 0.2) is 5.65 Å². The highest BCUT2D eigenvalue weighted by atomic mass is 16.2. The zero-order valence-electron chi connectivity index (χ0n) is 17.8. The Morgan fingerprint density at radius 2 is 2.03 bits per heavy atom. The van der Waals surface area contributed by atoms with Crippen molar-refractivity contribution in [1.82, 2.24) is 25.2 Å². The fourth-order valence-electron chi connectivity index (χ4n) is 3.51. The number of nitrogens with zero attached hydrogens (tertiary/aromatic N) is 3. The molecule has 1 saturated carbocycles. The fourth-order valence-corrected chi connectivity index (χ4v) is 3.51. The van der Waals surface area contributed by atoms with E-state index in [1.54, 1.807) is 22.9 Å². The molecule has 5 rings (SSSR count). The minimum absolute atomic E-state index is 0.130. The summed E-state index contributed by atoms with van der Waals surface area (Å²) in [5.74, 6) is 1.29. The molecular formula is C22H22N8O3. The summed E-state index contributed by atoms with van der Waals surface area (Å²) in [7, 11) is 0. The molecule has 1 aromatic carbocycles. The Hall–Kier alpha value is -4.41. The second-order valence-electron chi connectivity index (χ2n) is 8.04. The number of rotatable bonds is 7. The van der Waals surface area contributed by atoms with Crippen molar-refractivity contribution >= 4 is 52.6 Å². The summed E-state index contributed by atoms with van der Waals surface area (Å²) in [5, 5.41) is 18.5. The van der Waals surface area contributed by atoms with Crippen LogP contribution in [0.5, 0.6) is 0 Å². The standard InChI is InChI=1S/C22H22N8O3/c1-12(31)25-15-3-2-4-16(8-15)26-18-9-19(23-10-13-5-6-13)30-20(28-18)14(11-24-30)7-17-21(32)29-22(33)27-17/h2-4,7-9,11,13,23H,5-6,10H2,1H3,(H,25,31)(H,26,28)(H2,27,29,32,33)/b17-7-. The van der Waals surface area contributed by atoms with Gasteiger partial charge in [-0.3, -0.25) is 14.9 Å². The number of benzene rings is 1. The maximum absolute atomic E-state index is 11.9. The molecule has 2 aliphatic rings. The first-order valence-electron chi connectivity index (χ1n) is 10.6. The summed E-state index contributed by atoms with van der Waals surface area (Å²) in [6.07, 6.45) is 5.54. The Bertz CT molecular complexity index is 1310.